The molecule has 0 unspecified atom stereocenters. The van der Waals surface area contributed by atoms with Gasteiger partial charge in [0.05, 0.1) is 11.9 Å². The Balaban J connectivity index is 1.68. The number of aromatic nitrogens is 4. The van der Waals surface area contributed by atoms with Crippen LogP contribution in [-0.4, -0.2) is 25.0 Å². The normalized spacial score (nSPS) is 15.7. The minimum atomic E-state index is 0.519. The number of anilines is 1. The van der Waals surface area contributed by atoms with Crippen LogP contribution < -0.4 is 5.32 Å². The molecule has 5 rings (SSSR count). The van der Waals surface area contributed by atoms with Crippen molar-refractivity contribution in [3.05, 3.63) is 48.9 Å². The quantitative estimate of drug-likeness (QED) is 0.589. The number of nitrogens with one attached hydrogen (secondary N) is 1. The van der Waals surface area contributed by atoms with Crippen LogP contribution in [-0.2, 0) is 7.05 Å². The topological polar surface area (TPSA) is 47.2 Å². The van der Waals surface area contributed by atoms with Crippen molar-refractivity contribution >= 4 is 22.4 Å². The Morgan fingerprint density at radius 2 is 1.96 bits per heavy atom. The monoisotopic (exact) mass is 345 g/mol. The van der Waals surface area contributed by atoms with Crippen LogP contribution in [0.3, 0.4) is 0 Å². The highest BCUT2D eigenvalue weighted by atomic mass is 15.2. The number of aryl methyl sites for hydroxylation is 1. The SMILES string of the molecule is Cn1c(-c2nc3cnccn3c2NC2CCCCC2)cc2ccccc21. The van der Waals surface area contributed by atoms with Crippen LogP contribution in [0.25, 0.3) is 27.9 Å². The lowest BCUT2D eigenvalue weighted by Gasteiger charge is -2.24. The summed E-state index contributed by atoms with van der Waals surface area (Å²) in [6.45, 7) is 0. The summed E-state index contributed by atoms with van der Waals surface area (Å²) in [5.41, 5.74) is 4.24. The van der Waals surface area contributed by atoms with E-state index in [0.29, 0.717) is 6.04 Å². The van der Waals surface area contributed by atoms with Gasteiger partial charge in [0.2, 0.25) is 0 Å². The largest absolute Gasteiger partial charge is 0.367 e. The molecule has 4 aromatic rings. The van der Waals surface area contributed by atoms with E-state index in [1.807, 2.05) is 18.6 Å². The highest BCUT2D eigenvalue weighted by Crippen LogP contribution is 2.34. The number of imidazole rings is 1. The zero-order chi connectivity index (χ0) is 17.5. The molecule has 132 valence electrons. The molecule has 5 heteroatoms. The van der Waals surface area contributed by atoms with Crippen molar-refractivity contribution in [1.29, 1.82) is 0 Å². The number of nitrogens with zero attached hydrogens (tertiary/aromatic N) is 4. The van der Waals surface area contributed by atoms with Crippen molar-refractivity contribution in [2.45, 2.75) is 38.1 Å². The van der Waals surface area contributed by atoms with Crippen molar-refractivity contribution < 1.29 is 0 Å². The molecule has 0 bridgehead atoms. The van der Waals surface area contributed by atoms with E-state index < -0.39 is 0 Å². The molecular weight excluding hydrogens is 322 g/mol. The summed E-state index contributed by atoms with van der Waals surface area (Å²) < 4.78 is 4.37. The molecule has 3 aromatic heterocycles. The molecule has 0 spiro atoms. The fourth-order valence-corrected chi connectivity index (χ4v) is 4.18. The van der Waals surface area contributed by atoms with Crippen molar-refractivity contribution in [2.24, 2.45) is 7.05 Å². The molecule has 1 aliphatic carbocycles. The number of benzene rings is 1. The number of hydrogen-bond acceptors (Lipinski definition) is 3. The summed E-state index contributed by atoms with van der Waals surface area (Å²) in [6, 6.07) is 11.2. The van der Waals surface area contributed by atoms with Gasteiger partial charge in [-0.3, -0.25) is 9.38 Å². The van der Waals surface area contributed by atoms with Crippen LogP contribution in [0.15, 0.2) is 48.9 Å². The maximum Gasteiger partial charge on any atom is 0.157 e. The summed E-state index contributed by atoms with van der Waals surface area (Å²) >= 11 is 0. The fourth-order valence-electron chi connectivity index (χ4n) is 4.18. The van der Waals surface area contributed by atoms with Crippen LogP contribution >= 0.6 is 0 Å². The molecule has 1 aromatic carbocycles. The fraction of sp³-hybridized carbons (Fsp3) is 0.333. The minimum Gasteiger partial charge on any atom is -0.367 e. The second-order valence-electron chi connectivity index (χ2n) is 7.24. The molecule has 1 aliphatic rings. The molecular formula is C21H23N5. The van der Waals surface area contributed by atoms with Crippen molar-refractivity contribution in [2.75, 3.05) is 5.32 Å². The van der Waals surface area contributed by atoms with E-state index in [-0.39, 0.29) is 0 Å². The second-order valence-corrected chi connectivity index (χ2v) is 7.24. The lowest BCUT2D eigenvalue weighted by molar-refractivity contribution is 0.461. The molecule has 3 heterocycles. The Morgan fingerprint density at radius 3 is 2.81 bits per heavy atom. The third-order valence-electron chi connectivity index (χ3n) is 5.57. The first kappa shape index (κ1) is 15.4. The van der Waals surface area contributed by atoms with Crippen LogP contribution in [0, 0.1) is 0 Å². The van der Waals surface area contributed by atoms with Crippen molar-refractivity contribution in [1.82, 2.24) is 18.9 Å². The zero-order valence-electron chi connectivity index (χ0n) is 15.0. The third-order valence-corrected chi connectivity index (χ3v) is 5.57. The predicted molar refractivity (Wildman–Crippen MR) is 105 cm³/mol. The number of para-hydroxylation sites is 1. The highest BCUT2D eigenvalue weighted by molar-refractivity contribution is 5.89. The molecule has 0 saturated heterocycles. The van der Waals surface area contributed by atoms with Crippen LogP contribution in [0.4, 0.5) is 5.82 Å². The first-order valence-electron chi connectivity index (χ1n) is 9.45. The Bertz CT molecular complexity index is 1070. The van der Waals surface area contributed by atoms with Gasteiger partial charge in [-0.1, -0.05) is 37.5 Å². The highest BCUT2D eigenvalue weighted by Gasteiger charge is 2.21. The number of rotatable bonds is 3. The van der Waals surface area contributed by atoms with Crippen LogP contribution in [0.5, 0.6) is 0 Å². The lowest BCUT2D eigenvalue weighted by Crippen LogP contribution is -2.23. The van der Waals surface area contributed by atoms with Gasteiger partial charge in [-0.15, -0.1) is 0 Å². The Labute approximate surface area is 152 Å². The maximum atomic E-state index is 4.92. The first-order valence-corrected chi connectivity index (χ1v) is 9.45. The van der Waals surface area contributed by atoms with E-state index in [2.05, 4.69) is 56.6 Å². The maximum absolute atomic E-state index is 4.92. The summed E-state index contributed by atoms with van der Waals surface area (Å²) in [4.78, 5) is 9.18. The van der Waals surface area contributed by atoms with E-state index in [1.165, 1.54) is 43.0 Å². The van der Waals surface area contributed by atoms with Crippen molar-refractivity contribution in [3.8, 4) is 11.4 Å². The minimum absolute atomic E-state index is 0.519. The predicted octanol–water partition coefficient (Wildman–Crippen LogP) is 4.63. The zero-order valence-corrected chi connectivity index (χ0v) is 15.0. The summed E-state index contributed by atoms with van der Waals surface area (Å²) in [5, 5.41) is 5.04. The average molecular weight is 345 g/mol. The van der Waals surface area contributed by atoms with E-state index >= 15 is 0 Å². The van der Waals surface area contributed by atoms with Crippen molar-refractivity contribution in [3.63, 3.8) is 0 Å². The smallest absolute Gasteiger partial charge is 0.157 e. The van der Waals surface area contributed by atoms with Crippen LogP contribution in [0.2, 0.25) is 0 Å². The van der Waals surface area contributed by atoms with Crippen LogP contribution in [0.1, 0.15) is 32.1 Å². The van der Waals surface area contributed by atoms with Gasteiger partial charge in [-0.2, -0.15) is 0 Å². The molecule has 0 amide bonds. The standard InChI is InChI=1S/C21H23N5/c1-25-17-10-6-5-7-15(17)13-18(25)20-21(23-16-8-3-2-4-9-16)26-12-11-22-14-19(26)24-20/h5-7,10-14,16,23H,2-4,8-9H2,1H3. The van der Waals surface area contributed by atoms with E-state index in [0.717, 1.165) is 22.9 Å². The van der Waals surface area contributed by atoms with Gasteiger partial charge in [-0.25, -0.2) is 4.98 Å². The summed E-state index contributed by atoms with van der Waals surface area (Å²) in [5.74, 6) is 1.08. The molecule has 26 heavy (non-hydrogen) atoms. The van der Waals surface area contributed by atoms with Gasteiger partial charge in [0.25, 0.3) is 0 Å². The molecule has 1 fully saturated rings. The Morgan fingerprint density at radius 1 is 1.12 bits per heavy atom. The van der Waals surface area contributed by atoms with Gasteiger partial charge < -0.3 is 9.88 Å². The molecule has 0 radical (unpaired) electrons. The molecule has 0 aliphatic heterocycles. The first-order chi connectivity index (χ1) is 12.8. The molecule has 5 nitrogen and oxygen atoms in total. The van der Waals surface area contributed by atoms with Gasteiger partial charge in [0.15, 0.2) is 5.65 Å². The van der Waals surface area contributed by atoms with Gasteiger partial charge in [0.1, 0.15) is 11.5 Å². The summed E-state index contributed by atoms with van der Waals surface area (Å²) in [6.07, 6.45) is 12.1. The lowest BCUT2D eigenvalue weighted by atomic mass is 9.95. The molecule has 1 N–H and O–H groups in total. The van der Waals surface area contributed by atoms with Gasteiger partial charge in [0, 0.05) is 36.4 Å². The Hall–Kier alpha value is -2.82. The average Bonchev–Trinajstić information content (AvgIpc) is 3.21. The van der Waals surface area contributed by atoms with E-state index in [9.17, 15) is 0 Å². The number of hydrogen-bond donors (Lipinski definition) is 1. The molecule has 0 atom stereocenters. The number of fused-ring (bicyclic) bond motifs is 2. The van der Waals surface area contributed by atoms with Gasteiger partial charge in [-0.05, 0) is 25.0 Å². The van der Waals surface area contributed by atoms with E-state index in [4.69, 9.17) is 4.98 Å². The van der Waals surface area contributed by atoms with E-state index in [1.54, 1.807) is 0 Å². The third kappa shape index (κ3) is 2.46. The Kier molecular flexibility index (Phi) is 3.66. The van der Waals surface area contributed by atoms with Gasteiger partial charge >= 0.3 is 0 Å². The second kappa shape index (κ2) is 6.16. The molecule has 1 saturated carbocycles. The summed E-state index contributed by atoms with van der Waals surface area (Å²) in [7, 11) is 2.12.